The molecule has 0 aliphatic carbocycles. The van der Waals surface area contributed by atoms with Gasteiger partial charge in [0.05, 0.1) is 5.92 Å². The predicted molar refractivity (Wildman–Crippen MR) is 60.3 cm³/mol. The summed E-state index contributed by atoms with van der Waals surface area (Å²) in [6, 6.07) is 0.144. The van der Waals surface area contributed by atoms with Gasteiger partial charge in [-0.1, -0.05) is 6.92 Å². The van der Waals surface area contributed by atoms with Crippen LogP contribution in [0.3, 0.4) is 0 Å². The zero-order chi connectivity index (χ0) is 11.8. The fraction of sp³-hybridized carbons (Fsp3) is 0.917. The SMILES string of the molecule is CC(C(=O)O)C(C)N1CC2(CCOCC2)C1. The minimum atomic E-state index is -0.694. The number of hydrogen-bond acceptors (Lipinski definition) is 3. The summed E-state index contributed by atoms with van der Waals surface area (Å²) >= 11 is 0. The van der Waals surface area contributed by atoms with E-state index in [0.29, 0.717) is 5.41 Å². The smallest absolute Gasteiger partial charge is 0.307 e. The molecule has 0 amide bonds. The van der Waals surface area contributed by atoms with Crippen molar-refractivity contribution in [3.05, 3.63) is 0 Å². The Morgan fingerprint density at radius 1 is 1.31 bits per heavy atom. The van der Waals surface area contributed by atoms with E-state index in [2.05, 4.69) is 4.90 Å². The molecule has 2 saturated heterocycles. The topological polar surface area (TPSA) is 49.8 Å². The maximum Gasteiger partial charge on any atom is 0.307 e. The molecule has 0 aromatic rings. The third-order valence-corrected chi connectivity index (χ3v) is 4.32. The van der Waals surface area contributed by atoms with Crippen LogP contribution in [0.4, 0.5) is 0 Å². The van der Waals surface area contributed by atoms with Crippen LogP contribution in [-0.2, 0) is 9.53 Å². The van der Waals surface area contributed by atoms with Gasteiger partial charge in [-0.3, -0.25) is 9.69 Å². The Balaban J connectivity index is 1.85. The summed E-state index contributed by atoms with van der Waals surface area (Å²) < 4.78 is 5.37. The average Bonchev–Trinajstić information content (AvgIpc) is 2.24. The number of hydrogen-bond donors (Lipinski definition) is 1. The van der Waals surface area contributed by atoms with Crippen molar-refractivity contribution < 1.29 is 14.6 Å². The minimum absolute atomic E-state index is 0.144. The molecule has 2 atom stereocenters. The van der Waals surface area contributed by atoms with Crippen LogP contribution in [0.15, 0.2) is 0 Å². The number of nitrogens with zero attached hydrogens (tertiary/aromatic N) is 1. The predicted octanol–water partition coefficient (Wildman–Crippen LogP) is 1.21. The third-order valence-electron chi connectivity index (χ3n) is 4.32. The molecule has 1 spiro atoms. The monoisotopic (exact) mass is 227 g/mol. The van der Waals surface area contributed by atoms with Crippen LogP contribution >= 0.6 is 0 Å². The molecule has 0 aromatic heterocycles. The fourth-order valence-electron chi connectivity index (χ4n) is 2.75. The van der Waals surface area contributed by atoms with Crippen LogP contribution in [0.5, 0.6) is 0 Å². The number of carboxylic acids is 1. The second-order valence-corrected chi connectivity index (χ2v) is 5.38. The molecule has 4 nitrogen and oxygen atoms in total. The summed E-state index contributed by atoms with van der Waals surface area (Å²) in [7, 11) is 0. The Morgan fingerprint density at radius 2 is 1.88 bits per heavy atom. The van der Waals surface area contributed by atoms with Crippen LogP contribution in [-0.4, -0.2) is 48.3 Å². The molecule has 0 saturated carbocycles. The molecule has 1 N–H and O–H groups in total. The Hall–Kier alpha value is -0.610. The second kappa shape index (κ2) is 4.34. The molecule has 2 aliphatic heterocycles. The highest BCUT2D eigenvalue weighted by Crippen LogP contribution is 2.41. The Morgan fingerprint density at radius 3 is 2.38 bits per heavy atom. The van der Waals surface area contributed by atoms with E-state index in [-0.39, 0.29) is 12.0 Å². The first-order valence-electron chi connectivity index (χ1n) is 6.09. The molecular weight excluding hydrogens is 206 g/mol. The number of ether oxygens (including phenoxy) is 1. The molecule has 92 valence electrons. The van der Waals surface area contributed by atoms with Crippen molar-refractivity contribution in [1.29, 1.82) is 0 Å². The van der Waals surface area contributed by atoms with Crippen molar-refractivity contribution in [2.45, 2.75) is 32.7 Å². The van der Waals surface area contributed by atoms with E-state index >= 15 is 0 Å². The van der Waals surface area contributed by atoms with Crippen LogP contribution in [0.25, 0.3) is 0 Å². The van der Waals surface area contributed by atoms with Crippen LogP contribution in [0, 0.1) is 11.3 Å². The highest BCUT2D eigenvalue weighted by Gasteiger charge is 2.46. The molecule has 2 unspecified atom stereocenters. The lowest BCUT2D eigenvalue weighted by molar-refractivity contribution is -0.148. The molecule has 16 heavy (non-hydrogen) atoms. The van der Waals surface area contributed by atoms with Crippen molar-refractivity contribution >= 4 is 5.97 Å². The molecule has 2 aliphatic rings. The van der Waals surface area contributed by atoms with Crippen molar-refractivity contribution in [3.63, 3.8) is 0 Å². The fourth-order valence-corrected chi connectivity index (χ4v) is 2.75. The number of rotatable bonds is 3. The van der Waals surface area contributed by atoms with Gasteiger partial charge in [0.1, 0.15) is 0 Å². The zero-order valence-electron chi connectivity index (χ0n) is 10.1. The molecule has 0 radical (unpaired) electrons. The molecule has 2 rings (SSSR count). The molecule has 0 aromatic carbocycles. The molecular formula is C12H21NO3. The zero-order valence-corrected chi connectivity index (χ0v) is 10.1. The van der Waals surface area contributed by atoms with Crippen LogP contribution < -0.4 is 0 Å². The lowest BCUT2D eigenvalue weighted by Gasteiger charge is -2.55. The van der Waals surface area contributed by atoms with Crippen LogP contribution in [0.1, 0.15) is 26.7 Å². The molecule has 0 bridgehead atoms. The van der Waals surface area contributed by atoms with E-state index in [9.17, 15) is 4.79 Å². The average molecular weight is 227 g/mol. The summed E-state index contributed by atoms with van der Waals surface area (Å²) in [6.07, 6.45) is 2.27. The maximum atomic E-state index is 10.9. The van der Waals surface area contributed by atoms with Gasteiger partial charge in [-0.2, -0.15) is 0 Å². The maximum absolute atomic E-state index is 10.9. The van der Waals surface area contributed by atoms with E-state index in [0.717, 1.165) is 39.1 Å². The summed E-state index contributed by atoms with van der Waals surface area (Å²) in [6.45, 7) is 7.66. The summed E-state index contributed by atoms with van der Waals surface area (Å²) in [5.74, 6) is -0.974. The summed E-state index contributed by atoms with van der Waals surface area (Å²) in [5, 5.41) is 8.98. The van der Waals surface area contributed by atoms with Gasteiger partial charge in [-0.25, -0.2) is 0 Å². The van der Waals surface area contributed by atoms with Gasteiger partial charge in [0.2, 0.25) is 0 Å². The van der Waals surface area contributed by atoms with E-state index in [1.54, 1.807) is 6.92 Å². The van der Waals surface area contributed by atoms with Gasteiger partial charge in [-0.15, -0.1) is 0 Å². The highest BCUT2D eigenvalue weighted by molar-refractivity contribution is 5.70. The van der Waals surface area contributed by atoms with Gasteiger partial charge in [-0.05, 0) is 19.8 Å². The van der Waals surface area contributed by atoms with E-state index in [1.165, 1.54) is 0 Å². The first kappa shape index (κ1) is 11.9. The number of carbonyl (C=O) groups is 1. The molecule has 4 heteroatoms. The van der Waals surface area contributed by atoms with Crippen LogP contribution in [0.2, 0.25) is 0 Å². The van der Waals surface area contributed by atoms with E-state index < -0.39 is 5.97 Å². The standard InChI is InChI=1S/C12H21NO3/c1-9(11(14)15)10(2)13-7-12(8-13)3-5-16-6-4-12/h9-10H,3-8H2,1-2H3,(H,14,15). The quantitative estimate of drug-likeness (QED) is 0.787. The molecule has 2 fully saturated rings. The minimum Gasteiger partial charge on any atom is -0.481 e. The summed E-state index contributed by atoms with van der Waals surface area (Å²) in [4.78, 5) is 13.2. The van der Waals surface area contributed by atoms with Crippen molar-refractivity contribution in [1.82, 2.24) is 4.90 Å². The first-order chi connectivity index (χ1) is 7.54. The van der Waals surface area contributed by atoms with Gasteiger partial charge in [0.15, 0.2) is 0 Å². The van der Waals surface area contributed by atoms with Gasteiger partial charge < -0.3 is 9.84 Å². The Bertz CT molecular complexity index is 265. The first-order valence-corrected chi connectivity index (χ1v) is 6.09. The largest absolute Gasteiger partial charge is 0.481 e. The van der Waals surface area contributed by atoms with Crippen molar-refractivity contribution in [3.8, 4) is 0 Å². The number of likely N-dealkylation sites (tertiary alicyclic amines) is 1. The van der Waals surface area contributed by atoms with Gasteiger partial charge in [0, 0.05) is 37.8 Å². The normalized spacial score (nSPS) is 28.4. The highest BCUT2D eigenvalue weighted by atomic mass is 16.5. The van der Waals surface area contributed by atoms with Crippen molar-refractivity contribution in [2.75, 3.05) is 26.3 Å². The van der Waals surface area contributed by atoms with E-state index in [1.807, 2.05) is 6.92 Å². The third kappa shape index (κ3) is 2.09. The number of carboxylic acid groups (broad SMARTS) is 1. The Labute approximate surface area is 96.6 Å². The number of aliphatic carboxylic acids is 1. The van der Waals surface area contributed by atoms with Gasteiger partial charge in [0.25, 0.3) is 0 Å². The lowest BCUT2D eigenvalue weighted by atomic mass is 9.72. The van der Waals surface area contributed by atoms with E-state index in [4.69, 9.17) is 9.84 Å². The lowest BCUT2D eigenvalue weighted by Crippen LogP contribution is -2.62. The van der Waals surface area contributed by atoms with Gasteiger partial charge >= 0.3 is 5.97 Å². The van der Waals surface area contributed by atoms with Crippen molar-refractivity contribution in [2.24, 2.45) is 11.3 Å². The second-order valence-electron chi connectivity index (χ2n) is 5.38. The Kier molecular flexibility index (Phi) is 3.22. The summed E-state index contributed by atoms with van der Waals surface area (Å²) in [5.41, 5.74) is 0.435. The molecule has 2 heterocycles.